The van der Waals surface area contributed by atoms with E-state index in [0.29, 0.717) is 11.8 Å². The predicted molar refractivity (Wildman–Crippen MR) is 94.7 cm³/mol. The number of aryl methyl sites for hydroxylation is 2. The van der Waals surface area contributed by atoms with Crippen LogP contribution in [-0.4, -0.2) is 0 Å². The van der Waals surface area contributed by atoms with E-state index >= 15 is 0 Å². The van der Waals surface area contributed by atoms with Gasteiger partial charge in [0.25, 0.3) is 0 Å². The normalized spacial score (nSPS) is 13.1. The van der Waals surface area contributed by atoms with E-state index in [1.807, 2.05) is 11.8 Å². The lowest BCUT2D eigenvalue weighted by atomic mass is 9.98. The summed E-state index contributed by atoms with van der Waals surface area (Å²) in [4.78, 5) is 2.49. The number of ether oxygens (including phenoxy) is 1. The third kappa shape index (κ3) is 2.65. The number of fused-ring (bicyclic) bond motifs is 2. The molecule has 0 bridgehead atoms. The average Bonchev–Trinajstić information content (AvgIpc) is 2.43. The van der Waals surface area contributed by atoms with Gasteiger partial charge in [0.05, 0.1) is 9.79 Å². The van der Waals surface area contributed by atoms with E-state index in [1.165, 1.54) is 32.0 Å². The van der Waals surface area contributed by atoms with Crippen LogP contribution in [0.4, 0.5) is 0 Å². The first kappa shape index (κ1) is 15.5. The van der Waals surface area contributed by atoms with Crippen molar-refractivity contribution in [2.24, 2.45) is 0 Å². The number of hydrogen-bond donors (Lipinski definition) is 0. The van der Waals surface area contributed by atoms with E-state index in [9.17, 15) is 0 Å². The number of hydrogen-bond acceptors (Lipinski definition) is 2. The van der Waals surface area contributed by atoms with Crippen LogP contribution in [0.1, 0.15) is 61.8 Å². The van der Waals surface area contributed by atoms with Gasteiger partial charge in [0.15, 0.2) is 0 Å². The Morgan fingerprint density at radius 1 is 0.727 bits per heavy atom. The molecular formula is C20H24OS. The molecule has 0 unspecified atom stereocenters. The molecule has 3 rings (SSSR count). The largest absolute Gasteiger partial charge is 0.454 e. The van der Waals surface area contributed by atoms with Gasteiger partial charge in [-0.05, 0) is 60.1 Å². The van der Waals surface area contributed by atoms with Gasteiger partial charge in [0.2, 0.25) is 0 Å². The Balaban J connectivity index is 2.18. The van der Waals surface area contributed by atoms with Crippen molar-refractivity contribution >= 4 is 11.8 Å². The van der Waals surface area contributed by atoms with Crippen LogP contribution in [0, 0.1) is 13.8 Å². The van der Waals surface area contributed by atoms with Gasteiger partial charge in [-0.25, -0.2) is 0 Å². The molecule has 0 amide bonds. The zero-order chi connectivity index (χ0) is 16.0. The van der Waals surface area contributed by atoms with Crippen LogP contribution in [0.3, 0.4) is 0 Å². The van der Waals surface area contributed by atoms with Gasteiger partial charge in [-0.1, -0.05) is 51.6 Å². The Bertz CT molecular complexity index is 667. The zero-order valence-electron chi connectivity index (χ0n) is 14.3. The van der Waals surface area contributed by atoms with E-state index in [-0.39, 0.29) is 0 Å². The first-order valence-corrected chi connectivity index (χ1v) is 8.83. The fourth-order valence-corrected chi connectivity index (χ4v) is 4.21. The summed E-state index contributed by atoms with van der Waals surface area (Å²) in [6, 6.07) is 9.01. The first-order valence-electron chi connectivity index (χ1n) is 8.01. The van der Waals surface area contributed by atoms with Crippen LogP contribution in [0.5, 0.6) is 11.5 Å². The maximum absolute atomic E-state index is 6.45. The monoisotopic (exact) mass is 312 g/mol. The minimum absolute atomic E-state index is 0.462. The molecule has 1 nitrogen and oxygen atoms in total. The summed E-state index contributed by atoms with van der Waals surface area (Å²) in [7, 11) is 0. The van der Waals surface area contributed by atoms with Crippen molar-refractivity contribution in [1.82, 2.24) is 0 Å². The fraction of sp³-hybridized carbons (Fsp3) is 0.400. The molecule has 2 aromatic carbocycles. The Labute approximate surface area is 138 Å². The third-order valence-corrected chi connectivity index (χ3v) is 5.17. The Morgan fingerprint density at radius 2 is 1.14 bits per heavy atom. The Hall–Kier alpha value is -1.41. The topological polar surface area (TPSA) is 9.23 Å². The van der Waals surface area contributed by atoms with Crippen LogP contribution in [0.25, 0.3) is 0 Å². The molecule has 0 saturated heterocycles. The van der Waals surface area contributed by atoms with Crippen molar-refractivity contribution in [1.29, 1.82) is 0 Å². The van der Waals surface area contributed by atoms with Gasteiger partial charge in [0, 0.05) is 0 Å². The minimum Gasteiger partial charge on any atom is -0.454 e. The van der Waals surface area contributed by atoms with E-state index in [2.05, 4.69) is 65.8 Å². The second-order valence-corrected chi connectivity index (χ2v) is 7.96. The summed E-state index contributed by atoms with van der Waals surface area (Å²) < 4.78 is 6.45. The molecule has 0 radical (unpaired) electrons. The molecule has 2 heteroatoms. The van der Waals surface area contributed by atoms with Crippen LogP contribution in [0.15, 0.2) is 34.1 Å². The van der Waals surface area contributed by atoms with E-state index in [1.54, 1.807) is 0 Å². The quantitative estimate of drug-likeness (QED) is 0.514. The van der Waals surface area contributed by atoms with E-state index in [4.69, 9.17) is 4.74 Å². The first-order chi connectivity index (χ1) is 10.4. The van der Waals surface area contributed by atoms with Crippen LogP contribution >= 0.6 is 11.8 Å². The van der Waals surface area contributed by atoms with Gasteiger partial charge in [-0.15, -0.1) is 0 Å². The maximum Gasteiger partial charge on any atom is 0.144 e. The SMILES string of the molecule is Cc1cc2c(c(C(C)C)c1)Oc1c(cc(C)cc1C(C)C)S2. The molecule has 0 aromatic heterocycles. The van der Waals surface area contributed by atoms with Crippen molar-refractivity contribution in [3.8, 4) is 11.5 Å². The molecule has 0 atom stereocenters. The average molecular weight is 312 g/mol. The highest BCUT2D eigenvalue weighted by molar-refractivity contribution is 7.99. The van der Waals surface area contributed by atoms with E-state index < -0.39 is 0 Å². The highest BCUT2D eigenvalue weighted by Gasteiger charge is 2.25. The second-order valence-electron chi connectivity index (χ2n) is 6.88. The summed E-state index contributed by atoms with van der Waals surface area (Å²) in [5, 5.41) is 0. The molecule has 0 saturated carbocycles. The summed E-state index contributed by atoms with van der Waals surface area (Å²) in [5.74, 6) is 3.04. The summed E-state index contributed by atoms with van der Waals surface area (Å²) in [5.41, 5.74) is 5.23. The molecule has 0 spiro atoms. The molecule has 0 fully saturated rings. The van der Waals surface area contributed by atoms with Crippen molar-refractivity contribution in [2.75, 3.05) is 0 Å². The van der Waals surface area contributed by atoms with Crippen LogP contribution < -0.4 is 4.74 Å². The summed E-state index contributed by atoms with van der Waals surface area (Å²) in [6.45, 7) is 13.3. The number of rotatable bonds is 2. The molecular weight excluding hydrogens is 288 g/mol. The highest BCUT2D eigenvalue weighted by atomic mass is 32.2. The molecule has 1 aliphatic rings. The molecule has 1 heterocycles. The molecule has 1 aliphatic heterocycles. The number of benzene rings is 2. The molecule has 2 aromatic rings. The zero-order valence-corrected chi connectivity index (χ0v) is 15.1. The lowest BCUT2D eigenvalue weighted by molar-refractivity contribution is 0.436. The van der Waals surface area contributed by atoms with Crippen molar-refractivity contribution in [3.05, 3.63) is 46.5 Å². The van der Waals surface area contributed by atoms with Gasteiger partial charge < -0.3 is 4.74 Å². The lowest BCUT2D eigenvalue weighted by Crippen LogP contribution is -2.05. The van der Waals surface area contributed by atoms with E-state index in [0.717, 1.165) is 11.5 Å². The molecule has 116 valence electrons. The third-order valence-electron chi connectivity index (χ3n) is 4.12. The van der Waals surface area contributed by atoms with Crippen LogP contribution in [0.2, 0.25) is 0 Å². The maximum atomic E-state index is 6.45. The van der Waals surface area contributed by atoms with Crippen molar-refractivity contribution in [2.45, 2.75) is 63.2 Å². The summed E-state index contributed by atoms with van der Waals surface area (Å²) in [6.07, 6.45) is 0. The fourth-order valence-electron chi connectivity index (χ4n) is 2.98. The van der Waals surface area contributed by atoms with Crippen molar-refractivity contribution in [3.63, 3.8) is 0 Å². The van der Waals surface area contributed by atoms with Gasteiger partial charge in [0.1, 0.15) is 11.5 Å². The van der Waals surface area contributed by atoms with Gasteiger partial charge in [-0.2, -0.15) is 0 Å². The Morgan fingerprint density at radius 3 is 1.50 bits per heavy atom. The highest BCUT2D eigenvalue weighted by Crippen LogP contribution is 2.52. The van der Waals surface area contributed by atoms with Crippen LogP contribution in [-0.2, 0) is 0 Å². The second kappa shape index (κ2) is 5.66. The molecule has 22 heavy (non-hydrogen) atoms. The smallest absolute Gasteiger partial charge is 0.144 e. The Kier molecular flexibility index (Phi) is 3.98. The predicted octanol–water partition coefficient (Wildman–Crippen LogP) is 6.81. The standard InChI is InChI=1S/C20H24OS/c1-11(2)15-7-13(5)9-17-19(15)21-20-16(12(3)4)8-14(6)10-18(20)22-17/h7-12H,1-6H3. The lowest BCUT2D eigenvalue weighted by Gasteiger charge is -2.27. The molecule has 0 aliphatic carbocycles. The van der Waals surface area contributed by atoms with Gasteiger partial charge >= 0.3 is 0 Å². The summed E-state index contributed by atoms with van der Waals surface area (Å²) >= 11 is 1.85. The van der Waals surface area contributed by atoms with Crippen molar-refractivity contribution < 1.29 is 4.74 Å². The molecule has 0 N–H and O–H groups in total. The van der Waals surface area contributed by atoms with Gasteiger partial charge in [-0.3, -0.25) is 0 Å². The minimum atomic E-state index is 0.462.